The Bertz CT molecular complexity index is 1360. The Balaban J connectivity index is 1.53. The van der Waals surface area contributed by atoms with E-state index in [0.29, 0.717) is 55.5 Å². The second kappa shape index (κ2) is 9.50. The Morgan fingerprint density at radius 3 is 2.55 bits per heavy atom. The predicted octanol–water partition coefficient (Wildman–Crippen LogP) is 6.06. The van der Waals surface area contributed by atoms with Crippen molar-refractivity contribution in [1.82, 2.24) is 24.7 Å². The summed E-state index contributed by atoms with van der Waals surface area (Å²) in [5, 5.41) is 17.1. The lowest BCUT2D eigenvalue weighted by atomic mass is 10.2. The Kier molecular flexibility index (Phi) is 6.86. The summed E-state index contributed by atoms with van der Waals surface area (Å²) in [5.74, 6) is 0.420. The van der Waals surface area contributed by atoms with E-state index in [2.05, 4.69) is 36.6 Å². The fraction of sp³-hybridized carbons (Fsp3) is 0.238. The lowest BCUT2D eigenvalue weighted by Gasteiger charge is -2.06. The molecule has 8 nitrogen and oxygen atoms in total. The van der Waals surface area contributed by atoms with Crippen LogP contribution in [-0.4, -0.2) is 30.6 Å². The van der Waals surface area contributed by atoms with Crippen LogP contribution in [0.3, 0.4) is 0 Å². The average Bonchev–Trinajstić information content (AvgIpc) is 3.37. The number of nitrogens with zero attached hydrogens (tertiary/aromatic N) is 5. The largest absolute Gasteiger partial charge is 0.361 e. The molecule has 1 amide bonds. The number of nitrogens with one attached hydrogen (secondary N) is 1. The molecule has 0 aliphatic carbocycles. The molecule has 0 saturated carbocycles. The van der Waals surface area contributed by atoms with Gasteiger partial charge in [0.2, 0.25) is 0 Å². The average molecular weight is 573 g/mol. The van der Waals surface area contributed by atoms with Crippen molar-refractivity contribution in [3.8, 4) is 0 Å². The van der Waals surface area contributed by atoms with Gasteiger partial charge in [0.1, 0.15) is 5.76 Å². The summed E-state index contributed by atoms with van der Waals surface area (Å²) in [6.07, 6.45) is 1.75. The summed E-state index contributed by atoms with van der Waals surface area (Å²) in [4.78, 5) is 13.0. The molecule has 0 fully saturated rings. The highest BCUT2D eigenvalue weighted by atomic mass is 79.9. The number of aromatic nitrogens is 5. The summed E-state index contributed by atoms with van der Waals surface area (Å²) in [6, 6.07) is 5.36. The Morgan fingerprint density at radius 1 is 1.12 bits per heavy atom. The number of carbonyl (C=O) groups excluding carboxylic acids is 1. The maximum absolute atomic E-state index is 13.0. The van der Waals surface area contributed by atoms with E-state index in [4.69, 9.17) is 39.3 Å². The first-order valence-electron chi connectivity index (χ1n) is 9.77. The highest BCUT2D eigenvalue weighted by Crippen LogP contribution is 2.26. The predicted molar refractivity (Wildman–Crippen MR) is 130 cm³/mol. The number of rotatable bonds is 6. The van der Waals surface area contributed by atoms with E-state index in [9.17, 15) is 4.79 Å². The van der Waals surface area contributed by atoms with E-state index in [-0.39, 0.29) is 5.69 Å². The third-order valence-corrected chi connectivity index (χ3v) is 6.94. The van der Waals surface area contributed by atoms with E-state index in [1.807, 2.05) is 19.9 Å². The molecular weight excluding hydrogens is 555 g/mol. The molecule has 0 unspecified atom stereocenters. The molecule has 0 radical (unpaired) electrons. The maximum atomic E-state index is 13.0. The first-order valence-corrected chi connectivity index (χ1v) is 11.7. The number of carbonyl (C=O) groups is 1. The maximum Gasteiger partial charge on any atom is 0.279 e. The van der Waals surface area contributed by atoms with Gasteiger partial charge in [0, 0.05) is 11.8 Å². The quantitative estimate of drug-likeness (QED) is 0.303. The van der Waals surface area contributed by atoms with Crippen molar-refractivity contribution in [3.05, 3.63) is 77.9 Å². The van der Waals surface area contributed by atoms with Crippen molar-refractivity contribution < 1.29 is 9.32 Å². The van der Waals surface area contributed by atoms with Crippen LogP contribution in [0, 0.1) is 20.8 Å². The summed E-state index contributed by atoms with van der Waals surface area (Å²) < 4.78 is 9.30. The minimum Gasteiger partial charge on any atom is -0.361 e. The Hall–Kier alpha value is -2.33. The van der Waals surface area contributed by atoms with E-state index < -0.39 is 5.91 Å². The van der Waals surface area contributed by atoms with Crippen LogP contribution in [0.5, 0.6) is 0 Å². The summed E-state index contributed by atoms with van der Waals surface area (Å²) in [5.41, 5.74) is 3.19. The van der Waals surface area contributed by atoms with Gasteiger partial charge in [-0.2, -0.15) is 10.2 Å². The van der Waals surface area contributed by atoms with Crippen molar-refractivity contribution in [2.45, 2.75) is 33.9 Å². The number of amides is 1. The third kappa shape index (κ3) is 4.96. The fourth-order valence-corrected chi connectivity index (χ4v) is 4.16. The van der Waals surface area contributed by atoms with Gasteiger partial charge in [0.25, 0.3) is 5.91 Å². The van der Waals surface area contributed by atoms with Gasteiger partial charge in [-0.1, -0.05) is 46.0 Å². The molecule has 3 heterocycles. The van der Waals surface area contributed by atoms with Crippen molar-refractivity contribution >= 4 is 62.5 Å². The van der Waals surface area contributed by atoms with Gasteiger partial charge in [0.05, 0.1) is 44.0 Å². The molecule has 4 aromatic rings. The van der Waals surface area contributed by atoms with Gasteiger partial charge in [-0.3, -0.25) is 14.2 Å². The van der Waals surface area contributed by atoms with Crippen LogP contribution in [0.2, 0.25) is 15.1 Å². The SMILES string of the molecule is Cc1nn(Cc2c(C(=O)Nc3nn(Cc4ccc(Cl)c(Cl)c4)cc3Br)noc2C)c(C)c1Cl. The van der Waals surface area contributed by atoms with Crippen molar-refractivity contribution in [3.63, 3.8) is 0 Å². The zero-order valence-electron chi connectivity index (χ0n) is 17.8. The molecule has 33 heavy (non-hydrogen) atoms. The highest BCUT2D eigenvalue weighted by Gasteiger charge is 2.23. The summed E-state index contributed by atoms with van der Waals surface area (Å²) >= 11 is 21.8. The topological polar surface area (TPSA) is 90.8 Å². The molecule has 172 valence electrons. The summed E-state index contributed by atoms with van der Waals surface area (Å²) in [6.45, 7) is 6.17. The second-order valence-electron chi connectivity index (χ2n) is 7.43. The smallest absolute Gasteiger partial charge is 0.279 e. The standard InChI is InChI=1S/C21H18BrCl3N6O2/c1-10-18(25)11(2)31(27-10)8-14-12(3)33-29-19(14)21(32)26-20-15(22)9-30(28-20)7-13-4-5-16(23)17(24)6-13/h4-6,9H,7-8H2,1-3H3,(H,26,28,32). The lowest BCUT2D eigenvalue weighted by molar-refractivity contribution is 0.101. The molecule has 0 aliphatic rings. The molecule has 0 spiro atoms. The van der Waals surface area contributed by atoms with Crippen molar-refractivity contribution in [2.24, 2.45) is 0 Å². The van der Waals surface area contributed by atoms with E-state index in [1.165, 1.54) is 0 Å². The minimum atomic E-state index is -0.449. The number of hydrogen-bond donors (Lipinski definition) is 1. The van der Waals surface area contributed by atoms with Crippen LogP contribution < -0.4 is 5.32 Å². The molecule has 0 bridgehead atoms. The molecule has 1 aromatic carbocycles. The number of anilines is 1. The van der Waals surface area contributed by atoms with E-state index >= 15 is 0 Å². The second-order valence-corrected chi connectivity index (χ2v) is 9.48. The molecule has 4 rings (SSSR count). The minimum absolute atomic E-state index is 0.155. The van der Waals surface area contributed by atoms with Crippen LogP contribution in [0.25, 0.3) is 0 Å². The first kappa shape index (κ1) is 23.8. The van der Waals surface area contributed by atoms with Gasteiger partial charge < -0.3 is 9.84 Å². The summed E-state index contributed by atoms with van der Waals surface area (Å²) in [7, 11) is 0. The Morgan fingerprint density at radius 2 is 1.88 bits per heavy atom. The lowest BCUT2D eigenvalue weighted by Crippen LogP contribution is -2.17. The zero-order valence-corrected chi connectivity index (χ0v) is 21.6. The van der Waals surface area contributed by atoms with Gasteiger partial charge in [0.15, 0.2) is 11.5 Å². The molecule has 0 aliphatic heterocycles. The third-order valence-electron chi connectivity index (χ3n) is 5.08. The fourth-order valence-electron chi connectivity index (χ4n) is 3.29. The molecular formula is C21H18BrCl3N6O2. The first-order chi connectivity index (χ1) is 15.6. The van der Waals surface area contributed by atoms with Crippen LogP contribution in [0.4, 0.5) is 5.82 Å². The van der Waals surface area contributed by atoms with Gasteiger partial charge in [-0.15, -0.1) is 0 Å². The van der Waals surface area contributed by atoms with Crippen molar-refractivity contribution in [2.75, 3.05) is 5.32 Å². The van der Waals surface area contributed by atoms with Crippen LogP contribution in [-0.2, 0) is 13.1 Å². The van der Waals surface area contributed by atoms with Crippen LogP contribution in [0.15, 0.2) is 33.4 Å². The Labute approximate surface area is 212 Å². The zero-order chi connectivity index (χ0) is 23.9. The molecule has 12 heteroatoms. The van der Waals surface area contributed by atoms with Crippen LogP contribution in [0.1, 0.15) is 38.8 Å². The normalized spacial score (nSPS) is 11.2. The number of aryl methyl sites for hydroxylation is 2. The molecule has 1 N–H and O–H groups in total. The van der Waals surface area contributed by atoms with Gasteiger partial charge >= 0.3 is 0 Å². The number of halogens is 4. The molecule has 0 saturated heterocycles. The molecule has 0 atom stereocenters. The number of hydrogen-bond acceptors (Lipinski definition) is 5. The highest BCUT2D eigenvalue weighted by molar-refractivity contribution is 9.10. The van der Waals surface area contributed by atoms with Crippen molar-refractivity contribution in [1.29, 1.82) is 0 Å². The number of benzene rings is 1. The van der Waals surface area contributed by atoms with Gasteiger partial charge in [-0.05, 0) is 54.4 Å². The van der Waals surface area contributed by atoms with E-state index in [1.54, 1.807) is 34.6 Å². The molecule has 3 aromatic heterocycles. The van der Waals surface area contributed by atoms with Crippen LogP contribution >= 0.6 is 50.7 Å². The monoisotopic (exact) mass is 570 g/mol. The van der Waals surface area contributed by atoms with Gasteiger partial charge in [-0.25, -0.2) is 0 Å². The van der Waals surface area contributed by atoms with E-state index in [0.717, 1.165) is 11.3 Å².